The molecule has 1 aliphatic carbocycles. The normalized spacial score (nSPS) is 15.9. The Bertz CT molecular complexity index is 903. The van der Waals surface area contributed by atoms with Gasteiger partial charge in [-0.3, -0.25) is 4.98 Å². The Morgan fingerprint density at radius 3 is 2.16 bits per heavy atom. The standard InChI is InChI=1S/C35H54FNO/c1-4-7-9-11-12-17-26-38-31-21-22-32(33(36)27-31)34-23-20-30(28-37-34)35(24-15-13-16-25-35)29(18-6-3)19-14-10-8-5-2/h20-23,27-29H,4-19,24-26H2,1-3H3. The largest absolute Gasteiger partial charge is 0.493 e. The van der Waals surface area contributed by atoms with Gasteiger partial charge in [0.15, 0.2) is 0 Å². The minimum absolute atomic E-state index is 0.235. The summed E-state index contributed by atoms with van der Waals surface area (Å²) in [6.07, 6.45) is 25.1. The lowest BCUT2D eigenvalue weighted by Crippen LogP contribution is -2.37. The number of ether oxygens (including phenoxy) is 1. The Kier molecular flexibility index (Phi) is 13.7. The van der Waals surface area contributed by atoms with Gasteiger partial charge in [-0.25, -0.2) is 4.39 Å². The molecule has 0 radical (unpaired) electrons. The number of halogens is 1. The molecular formula is C35H54FNO. The topological polar surface area (TPSA) is 22.1 Å². The maximum absolute atomic E-state index is 15.1. The van der Waals surface area contributed by atoms with Gasteiger partial charge in [-0.05, 0) is 67.2 Å². The van der Waals surface area contributed by atoms with Crippen LogP contribution in [-0.4, -0.2) is 11.6 Å². The Balaban J connectivity index is 1.68. The van der Waals surface area contributed by atoms with Gasteiger partial charge in [0.25, 0.3) is 0 Å². The molecule has 3 rings (SSSR count). The number of hydrogen-bond donors (Lipinski definition) is 0. The third-order valence-corrected chi connectivity index (χ3v) is 8.89. The summed E-state index contributed by atoms with van der Waals surface area (Å²) >= 11 is 0. The summed E-state index contributed by atoms with van der Waals surface area (Å²) in [6.45, 7) is 7.51. The molecule has 1 unspecified atom stereocenters. The van der Waals surface area contributed by atoms with Gasteiger partial charge in [-0.2, -0.15) is 0 Å². The van der Waals surface area contributed by atoms with Crippen molar-refractivity contribution in [3.05, 3.63) is 47.9 Å². The summed E-state index contributed by atoms with van der Waals surface area (Å²) in [5.41, 5.74) is 2.90. The molecule has 0 aliphatic heterocycles. The molecular weight excluding hydrogens is 469 g/mol. The zero-order valence-electron chi connectivity index (χ0n) is 24.7. The Morgan fingerprint density at radius 1 is 0.789 bits per heavy atom. The van der Waals surface area contributed by atoms with E-state index in [1.165, 1.54) is 121 Å². The Morgan fingerprint density at radius 2 is 1.50 bits per heavy atom. The van der Waals surface area contributed by atoms with E-state index in [2.05, 4.69) is 39.1 Å². The molecule has 0 spiro atoms. The Labute approximate surface area is 233 Å². The summed E-state index contributed by atoms with van der Waals surface area (Å²) < 4.78 is 20.9. The van der Waals surface area contributed by atoms with Gasteiger partial charge in [0.1, 0.15) is 11.6 Å². The number of nitrogens with zero attached hydrogens (tertiary/aromatic N) is 1. The van der Waals surface area contributed by atoms with E-state index in [1.807, 2.05) is 12.1 Å². The lowest BCUT2D eigenvalue weighted by Gasteiger charge is -2.44. The quantitative estimate of drug-likeness (QED) is 0.181. The predicted molar refractivity (Wildman–Crippen MR) is 160 cm³/mol. The maximum Gasteiger partial charge on any atom is 0.136 e. The molecule has 2 aromatic rings. The smallest absolute Gasteiger partial charge is 0.136 e. The van der Waals surface area contributed by atoms with Crippen molar-refractivity contribution in [1.29, 1.82) is 0 Å². The number of pyridine rings is 1. The first kappa shape index (κ1) is 30.6. The van der Waals surface area contributed by atoms with Crippen molar-refractivity contribution in [3.8, 4) is 17.0 Å². The van der Waals surface area contributed by atoms with E-state index >= 15 is 4.39 Å². The maximum atomic E-state index is 15.1. The summed E-state index contributed by atoms with van der Waals surface area (Å²) in [5, 5.41) is 0. The predicted octanol–water partition coefficient (Wildman–Crippen LogP) is 11.2. The van der Waals surface area contributed by atoms with Gasteiger partial charge in [0, 0.05) is 17.8 Å². The van der Waals surface area contributed by atoms with Gasteiger partial charge < -0.3 is 4.74 Å². The van der Waals surface area contributed by atoms with E-state index in [0.717, 1.165) is 18.0 Å². The molecule has 1 atom stereocenters. The third-order valence-electron chi connectivity index (χ3n) is 8.89. The number of aromatic nitrogens is 1. The second-order valence-electron chi connectivity index (χ2n) is 11.7. The summed E-state index contributed by atoms with van der Waals surface area (Å²) in [6, 6.07) is 9.57. The molecule has 1 aliphatic rings. The lowest BCUT2D eigenvalue weighted by molar-refractivity contribution is 0.165. The van der Waals surface area contributed by atoms with E-state index in [9.17, 15) is 0 Å². The molecule has 1 heterocycles. The first-order chi connectivity index (χ1) is 18.6. The van der Waals surface area contributed by atoms with Crippen LogP contribution in [0.2, 0.25) is 0 Å². The summed E-state index contributed by atoms with van der Waals surface area (Å²) in [4.78, 5) is 4.84. The van der Waals surface area contributed by atoms with E-state index < -0.39 is 0 Å². The first-order valence-corrected chi connectivity index (χ1v) is 16.0. The summed E-state index contributed by atoms with van der Waals surface area (Å²) in [7, 11) is 0. The van der Waals surface area contributed by atoms with E-state index in [4.69, 9.17) is 9.72 Å². The van der Waals surface area contributed by atoms with Gasteiger partial charge in [-0.15, -0.1) is 0 Å². The monoisotopic (exact) mass is 523 g/mol. The van der Waals surface area contributed by atoms with Crippen LogP contribution in [0.5, 0.6) is 5.75 Å². The highest BCUT2D eigenvalue weighted by molar-refractivity contribution is 5.61. The molecule has 2 nitrogen and oxygen atoms in total. The second-order valence-corrected chi connectivity index (χ2v) is 11.7. The van der Waals surface area contributed by atoms with Crippen LogP contribution in [-0.2, 0) is 5.41 Å². The van der Waals surface area contributed by atoms with Gasteiger partial charge in [-0.1, -0.05) is 110 Å². The molecule has 0 amide bonds. The average molecular weight is 524 g/mol. The SMILES string of the molecule is CCCCCCCCOc1ccc(-c2ccc(C3(C(CCC)CCCCCC)CCCCC3)cn2)c(F)c1. The number of rotatable bonds is 18. The molecule has 3 heteroatoms. The molecule has 1 fully saturated rings. The van der Waals surface area contributed by atoms with Crippen LogP contribution in [0.25, 0.3) is 11.3 Å². The Hall–Kier alpha value is -1.90. The van der Waals surface area contributed by atoms with Crippen LogP contribution in [0, 0.1) is 11.7 Å². The zero-order chi connectivity index (χ0) is 27.1. The molecule has 1 saturated carbocycles. The van der Waals surface area contributed by atoms with Crippen molar-refractivity contribution in [3.63, 3.8) is 0 Å². The molecule has 0 bridgehead atoms. The van der Waals surface area contributed by atoms with Crippen LogP contribution in [0.3, 0.4) is 0 Å². The molecule has 0 saturated heterocycles. The number of unbranched alkanes of at least 4 members (excludes halogenated alkanes) is 8. The third kappa shape index (κ3) is 8.82. The highest BCUT2D eigenvalue weighted by atomic mass is 19.1. The molecule has 1 aromatic heterocycles. The van der Waals surface area contributed by atoms with Crippen LogP contribution < -0.4 is 4.74 Å². The van der Waals surface area contributed by atoms with Gasteiger partial charge >= 0.3 is 0 Å². The minimum atomic E-state index is -0.252. The first-order valence-electron chi connectivity index (χ1n) is 16.0. The molecule has 0 N–H and O–H groups in total. The highest BCUT2D eigenvalue weighted by Gasteiger charge is 2.40. The zero-order valence-corrected chi connectivity index (χ0v) is 24.7. The summed E-state index contributed by atoms with van der Waals surface area (Å²) in [5.74, 6) is 1.08. The van der Waals surface area contributed by atoms with E-state index in [0.29, 0.717) is 17.9 Å². The van der Waals surface area contributed by atoms with Gasteiger partial charge in [0.05, 0.1) is 12.3 Å². The van der Waals surface area contributed by atoms with Crippen molar-refractivity contribution in [2.24, 2.45) is 5.92 Å². The fourth-order valence-corrected chi connectivity index (χ4v) is 6.69. The van der Waals surface area contributed by atoms with Crippen molar-refractivity contribution < 1.29 is 9.13 Å². The van der Waals surface area contributed by atoms with E-state index in [-0.39, 0.29) is 11.2 Å². The average Bonchev–Trinajstić information content (AvgIpc) is 2.95. The second kappa shape index (κ2) is 16.9. The number of benzene rings is 1. The van der Waals surface area contributed by atoms with Crippen molar-refractivity contribution in [2.75, 3.05) is 6.61 Å². The van der Waals surface area contributed by atoms with Crippen molar-refractivity contribution >= 4 is 0 Å². The lowest BCUT2D eigenvalue weighted by atomic mass is 9.60. The van der Waals surface area contributed by atoms with Crippen LogP contribution in [0.4, 0.5) is 4.39 Å². The molecule has 212 valence electrons. The minimum Gasteiger partial charge on any atom is -0.493 e. The molecule has 1 aromatic carbocycles. The van der Waals surface area contributed by atoms with Crippen molar-refractivity contribution in [1.82, 2.24) is 4.98 Å². The highest BCUT2D eigenvalue weighted by Crippen LogP contribution is 2.48. The molecule has 38 heavy (non-hydrogen) atoms. The van der Waals surface area contributed by atoms with Crippen molar-refractivity contribution in [2.45, 2.75) is 142 Å². The number of hydrogen-bond acceptors (Lipinski definition) is 2. The van der Waals surface area contributed by atoms with Gasteiger partial charge in [0.2, 0.25) is 0 Å². The fraction of sp³-hybridized carbons (Fsp3) is 0.686. The van der Waals surface area contributed by atoms with Crippen LogP contribution >= 0.6 is 0 Å². The van der Waals surface area contributed by atoms with Crippen LogP contribution in [0.15, 0.2) is 36.5 Å². The fourth-order valence-electron chi connectivity index (χ4n) is 6.69. The van der Waals surface area contributed by atoms with Crippen LogP contribution in [0.1, 0.15) is 142 Å². The van der Waals surface area contributed by atoms with E-state index in [1.54, 1.807) is 0 Å².